The summed E-state index contributed by atoms with van der Waals surface area (Å²) in [5, 5.41) is 0. The molecule has 1 heterocycles. The van der Waals surface area contributed by atoms with E-state index in [2.05, 4.69) is 26.5 Å². The topological polar surface area (TPSA) is 52.1 Å². The van der Waals surface area contributed by atoms with E-state index in [1.165, 1.54) is 7.11 Å². The number of aryl methyl sites for hydroxylation is 1. The minimum Gasteiger partial charge on any atom is -0.459 e. The first-order chi connectivity index (χ1) is 6.22. The van der Waals surface area contributed by atoms with Crippen LogP contribution in [0.1, 0.15) is 11.5 Å². The number of ether oxygens (including phenoxy) is 1. The van der Waals surface area contributed by atoms with Crippen LogP contribution in [0.4, 0.5) is 0 Å². The first-order valence-corrected chi connectivity index (χ1v) is 3.62. The Morgan fingerprint density at radius 2 is 2.38 bits per heavy atom. The maximum absolute atomic E-state index is 10.6. The molecule has 0 aromatic carbocycles. The summed E-state index contributed by atoms with van der Waals surface area (Å²) in [5.74, 6) is 4.88. The minimum atomic E-state index is -0.573. The molecule has 0 bridgehead atoms. The van der Waals surface area contributed by atoms with Crippen molar-refractivity contribution in [1.29, 1.82) is 0 Å². The van der Waals surface area contributed by atoms with Crippen molar-refractivity contribution in [2.24, 2.45) is 0 Å². The zero-order valence-electron chi connectivity index (χ0n) is 7.37. The Labute approximate surface area is 76.0 Å². The molecule has 0 aliphatic rings. The Morgan fingerprint density at radius 3 is 3.00 bits per heavy atom. The molecule has 0 unspecified atom stereocenters. The highest BCUT2D eigenvalue weighted by molar-refractivity contribution is 5.88. The van der Waals surface area contributed by atoms with Gasteiger partial charge in [-0.15, -0.1) is 0 Å². The van der Waals surface area contributed by atoms with Crippen LogP contribution in [0.15, 0.2) is 12.3 Å². The Morgan fingerprint density at radius 1 is 1.62 bits per heavy atom. The molecule has 1 aromatic rings. The molecule has 0 atom stereocenters. The minimum absolute atomic E-state index is 0.512. The lowest BCUT2D eigenvalue weighted by Gasteiger charge is -1.90. The summed E-state index contributed by atoms with van der Waals surface area (Å²) in [6.45, 7) is 1.75. The van der Waals surface area contributed by atoms with Gasteiger partial charge in [-0.25, -0.2) is 14.8 Å². The van der Waals surface area contributed by atoms with Gasteiger partial charge < -0.3 is 4.74 Å². The molecule has 0 aliphatic carbocycles. The Bertz CT molecular complexity index is 377. The number of rotatable bonds is 0. The molecule has 1 rings (SSSR count). The van der Waals surface area contributed by atoms with Crippen LogP contribution in [0, 0.1) is 18.8 Å². The number of nitrogens with zero attached hydrogens (tertiary/aromatic N) is 2. The summed E-state index contributed by atoms with van der Waals surface area (Å²) < 4.78 is 4.35. The summed E-state index contributed by atoms with van der Waals surface area (Å²) in [6.07, 6.45) is 1.59. The van der Waals surface area contributed by atoms with Crippen molar-refractivity contribution in [3.63, 3.8) is 0 Å². The van der Waals surface area contributed by atoms with Crippen molar-refractivity contribution >= 4 is 5.97 Å². The van der Waals surface area contributed by atoms with Gasteiger partial charge in [-0.2, -0.15) is 0 Å². The molecule has 0 fully saturated rings. The van der Waals surface area contributed by atoms with Crippen molar-refractivity contribution in [2.45, 2.75) is 6.92 Å². The number of hydrogen-bond donors (Lipinski definition) is 0. The summed E-state index contributed by atoms with van der Waals surface area (Å²) in [7, 11) is 1.28. The van der Waals surface area contributed by atoms with Crippen molar-refractivity contribution in [3.8, 4) is 11.8 Å². The Hall–Kier alpha value is -1.89. The predicted molar refractivity (Wildman–Crippen MR) is 45.7 cm³/mol. The number of aromatic nitrogens is 2. The van der Waals surface area contributed by atoms with Gasteiger partial charge in [0.05, 0.1) is 7.11 Å². The molecule has 0 N–H and O–H groups in total. The lowest BCUT2D eigenvalue weighted by Crippen LogP contribution is -1.95. The van der Waals surface area contributed by atoms with Crippen LogP contribution >= 0.6 is 0 Å². The van der Waals surface area contributed by atoms with Gasteiger partial charge in [-0.05, 0) is 18.9 Å². The van der Waals surface area contributed by atoms with Crippen molar-refractivity contribution in [3.05, 3.63) is 23.8 Å². The fraction of sp³-hybridized carbons (Fsp3) is 0.222. The van der Waals surface area contributed by atoms with Crippen LogP contribution in [0.3, 0.4) is 0 Å². The van der Waals surface area contributed by atoms with Crippen molar-refractivity contribution in [1.82, 2.24) is 9.97 Å². The number of hydrogen-bond acceptors (Lipinski definition) is 4. The second-order valence-electron chi connectivity index (χ2n) is 2.23. The summed E-state index contributed by atoms with van der Waals surface area (Å²) in [6, 6.07) is 1.63. The van der Waals surface area contributed by atoms with Gasteiger partial charge in [0, 0.05) is 12.1 Å². The summed E-state index contributed by atoms with van der Waals surface area (Å²) >= 11 is 0. The molecule has 0 saturated carbocycles. The van der Waals surface area contributed by atoms with Crippen LogP contribution in [0.25, 0.3) is 0 Å². The van der Waals surface area contributed by atoms with Crippen molar-refractivity contribution in [2.75, 3.05) is 7.11 Å². The molecule has 0 saturated heterocycles. The number of methoxy groups -OCH3 is 1. The number of esters is 1. The molecule has 1 aromatic heterocycles. The highest BCUT2D eigenvalue weighted by atomic mass is 16.5. The predicted octanol–water partition coefficient (Wildman–Crippen LogP) is 0.310. The van der Waals surface area contributed by atoms with Crippen LogP contribution in [0.2, 0.25) is 0 Å². The molecule has 4 heteroatoms. The SMILES string of the molecule is COC(=O)C#Cc1ccnc(C)n1. The van der Waals surface area contributed by atoms with Gasteiger partial charge in [0.25, 0.3) is 0 Å². The lowest BCUT2D eigenvalue weighted by atomic mass is 10.4. The zero-order valence-corrected chi connectivity index (χ0v) is 7.37. The van der Waals surface area contributed by atoms with Crippen LogP contribution < -0.4 is 0 Å². The van der Waals surface area contributed by atoms with Gasteiger partial charge in [-0.1, -0.05) is 0 Å². The maximum atomic E-state index is 10.6. The molecule has 0 aliphatic heterocycles. The fourth-order valence-corrected chi connectivity index (χ4v) is 0.692. The summed E-state index contributed by atoms with van der Waals surface area (Å²) in [5.41, 5.74) is 0.512. The Kier molecular flexibility index (Phi) is 2.98. The molecule has 13 heavy (non-hydrogen) atoms. The van der Waals surface area contributed by atoms with Gasteiger partial charge in [0.1, 0.15) is 11.5 Å². The lowest BCUT2D eigenvalue weighted by molar-refractivity contribution is -0.133. The van der Waals surface area contributed by atoms with E-state index in [0.29, 0.717) is 11.5 Å². The van der Waals surface area contributed by atoms with E-state index < -0.39 is 5.97 Å². The van der Waals surface area contributed by atoms with Crippen molar-refractivity contribution < 1.29 is 9.53 Å². The molecule has 66 valence electrons. The monoisotopic (exact) mass is 176 g/mol. The molecule has 4 nitrogen and oxygen atoms in total. The largest absolute Gasteiger partial charge is 0.459 e. The molecule has 0 amide bonds. The van der Waals surface area contributed by atoms with Gasteiger partial charge >= 0.3 is 5.97 Å². The molecular weight excluding hydrogens is 168 g/mol. The number of carbonyl (C=O) groups excluding carboxylic acids is 1. The van der Waals surface area contributed by atoms with E-state index in [9.17, 15) is 4.79 Å². The Balaban J connectivity index is 2.83. The smallest absolute Gasteiger partial charge is 0.384 e. The third kappa shape index (κ3) is 2.91. The van der Waals surface area contributed by atoms with E-state index >= 15 is 0 Å². The van der Waals surface area contributed by atoms with Gasteiger partial charge in [0.15, 0.2) is 0 Å². The van der Waals surface area contributed by atoms with Gasteiger partial charge in [0.2, 0.25) is 0 Å². The van der Waals surface area contributed by atoms with Crippen LogP contribution in [-0.2, 0) is 9.53 Å². The normalized spacial score (nSPS) is 8.46. The summed E-state index contributed by atoms with van der Waals surface area (Å²) in [4.78, 5) is 18.5. The standard InChI is InChI=1S/C9H8N2O2/c1-7-10-6-5-8(11-7)3-4-9(12)13-2/h5-6H,1-2H3. The zero-order chi connectivity index (χ0) is 9.68. The molecule has 0 radical (unpaired) electrons. The third-order valence-electron chi connectivity index (χ3n) is 1.25. The third-order valence-corrected chi connectivity index (χ3v) is 1.25. The van der Waals surface area contributed by atoms with Crippen LogP contribution in [-0.4, -0.2) is 23.0 Å². The van der Waals surface area contributed by atoms with E-state index in [0.717, 1.165) is 0 Å². The second-order valence-corrected chi connectivity index (χ2v) is 2.23. The second kappa shape index (κ2) is 4.21. The quantitative estimate of drug-likeness (QED) is 0.421. The van der Waals surface area contributed by atoms with E-state index in [-0.39, 0.29) is 0 Å². The first kappa shape index (κ1) is 9.20. The fourth-order valence-electron chi connectivity index (χ4n) is 0.692. The van der Waals surface area contributed by atoms with E-state index in [4.69, 9.17) is 0 Å². The van der Waals surface area contributed by atoms with E-state index in [1.807, 2.05) is 0 Å². The average Bonchev–Trinajstić information content (AvgIpc) is 2.14. The van der Waals surface area contributed by atoms with Gasteiger partial charge in [-0.3, -0.25) is 0 Å². The average molecular weight is 176 g/mol. The van der Waals surface area contributed by atoms with Crippen LogP contribution in [0.5, 0.6) is 0 Å². The first-order valence-electron chi connectivity index (χ1n) is 3.62. The highest BCUT2D eigenvalue weighted by Gasteiger charge is 1.92. The maximum Gasteiger partial charge on any atom is 0.384 e. The number of carbonyl (C=O) groups is 1. The molecule has 0 spiro atoms. The molecular formula is C9H8N2O2. The highest BCUT2D eigenvalue weighted by Crippen LogP contribution is 1.91. The van der Waals surface area contributed by atoms with E-state index in [1.54, 1.807) is 19.2 Å².